The number of benzene rings is 2. The Kier molecular flexibility index (Phi) is 12.4. The fourth-order valence-corrected chi connectivity index (χ4v) is 4.54. The van der Waals surface area contributed by atoms with Crippen LogP contribution in [0.1, 0.15) is 118 Å². The van der Waals surface area contributed by atoms with Gasteiger partial charge in [-0.3, -0.25) is 4.99 Å². The van der Waals surface area contributed by atoms with E-state index in [1.54, 1.807) is 0 Å². The van der Waals surface area contributed by atoms with Crippen LogP contribution >= 0.6 is 0 Å². The Morgan fingerprint density at radius 2 is 1.39 bits per heavy atom. The van der Waals surface area contributed by atoms with Gasteiger partial charge in [-0.2, -0.15) is 0 Å². The van der Waals surface area contributed by atoms with Crippen LogP contribution in [0.2, 0.25) is 0 Å². The second kappa shape index (κ2) is 13.8. The van der Waals surface area contributed by atoms with Crippen molar-refractivity contribution in [3.8, 4) is 0 Å². The normalized spacial score (nSPS) is 12.5. The second-order valence-corrected chi connectivity index (χ2v) is 12.4. The van der Waals surface area contributed by atoms with Crippen molar-refractivity contribution in [2.75, 3.05) is 0 Å². The van der Waals surface area contributed by atoms with Crippen molar-refractivity contribution in [3.05, 3.63) is 64.9 Å². The summed E-state index contributed by atoms with van der Waals surface area (Å²) in [6.45, 7) is 24.6. The van der Waals surface area contributed by atoms with E-state index in [0.717, 1.165) is 30.8 Å². The van der Waals surface area contributed by atoms with Crippen molar-refractivity contribution >= 4 is 24.0 Å². The molecule has 192 valence electrons. The predicted molar refractivity (Wildman–Crippen MR) is 158 cm³/mol. The first kappa shape index (κ1) is 32.4. The third-order valence-electron chi connectivity index (χ3n) is 6.16. The van der Waals surface area contributed by atoms with E-state index in [1.807, 2.05) is 0 Å². The molecule has 2 aromatic rings. The minimum atomic E-state index is -0.161. The zero-order chi connectivity index (χ0) is 26.4. The van der Waals surface area contributed by atoms with Gasteiger partial charge < -0.3 is 10.0 Å². The zero-order valence-electron chi connectivity index (χ0n) is 25.3. The molecule has 0 atom stereocenters. The summed E-state index contributed by atoms with van der Waals surface area (Å²) in [5, 5.41) is 5.64. The van der Waals surface area contributed by atoms with Crippen LogP contribution in [0.3, 0.4) is 0 Å². The number of unbranched alkanes of at least 4 members (excludes halogenated alkanes) is 1. The van der Waals surface area contributed by atoms with Gasteiger partial charge in [0.1, 0.15) is 0 Å². The molecule has 0 unspecified atom stereocenters. The fraction of sp³-hybridized carbons (Fsp3) is 0.581. The van der Waals surface area contributed by atoms with Crippen LogP contribution in [0.15, 0.2) is 53.5 Å². The first-order valence-corrected chi connectivity index (χ1v) is 13.5. The van der Waals surface area contributed by atoms with Crippen LogP contribution < -0.4 is 24.3 Å². The van der Waals surface area contributed by atoms with Gasteiger partial charge >= 0.3 is 18.9 Å². The van der Waals surface area contributed by atoms with Gasteiger partial charge in [0.05, 0.1) is 11.4 Å². The molecule has 0 radical (unpaired) electrons. The van der Waals surface area contributed by atoms with Gasteiger partial charge in [-0.15, -0.1) is 5.69 Å². The number of nitrogens with zero attached hydrogens (tertiary/aromatic N) is 3. The molecule has 0 aliphatic carbocycles. The van der Waals surface area contributed by atoms with Gasteiger partial charge in [-0.25, -0.2) is 0 Å². The largest absolute Gasteiger partial charge is 1.00 e. The molecular weight excluding hydrogens is 432 g/mol. The molecule has 0 heterocycles. The molecule has 0 aromatic heterocycles. The standard InChI is InChI=1S/C31H49BN3.Li/c1-12-13-22-28(33-30(6,7)8)35(31(9,10)11)32(25-18-15-14-16-19-25)34-29-26(23(2)3)20-17-21-27(29)24(4)5;/h14-21,23-24H,12-13,22H2,1-11H3;/q-1;+1. The summed E-state index contributed by atoms with van der Waals surface area (Å²) in [5.41, 5.74) is 4.65. The van der Waals surface area contributed by atoms with Crippen LogP contribution in [0.25, 0.3) is 5.23 Å². The molecule has 3 nitrogen and oxygen atoms in total. The maximum atomic E-state index is 5.64. The maximum Gasteiger partial charge on any atom is 1.00 e. The maximum absolute atomic E-state index is 5.64. The minimum absolute atomic E-state index is 0. The van der Waals surface area contributed by atoms with Gasteiger partial charge in [0.15, 0.2) is 6.98 Å². The monoisotopic (exact) mass is 481 g/mol. The van der Waals surface area contributed by atoms with E-state index < -0.39 is 0 Å². The van der Waals surface area contributed by atoms with Crippen molar-refractivity contribution in [1.82, 2.24) is 4.81 Å². The average Bonchev–Trinajstić information content (AvgIpc) is 2.75. The first-order chi connectivity index (χ1) is 16.3. The smallest absolute Gasteiger partial charge is 0.684 e. The van der Waals surface area contributed by atoms with Gasteiger partial charge in [-0.05, 0) is 59.8 Å². The van der Waals surface area contributed by atoms with Crippen LogP contribution in [0.4, 0.5) is 5.69 Å². The molecule has 0 bridgehead atoms. The van der Waals surface area contributed by atoms with Crippen molar-refractivity contribution in [1.29, 1.82) is 0 Å². The first-order valence-electron chi connectivity index (χ1n) is 13.5. The molecule has 2 rings (SSSR count). The molecule has 0 aliphatic heterocycles. The topological polar surface area (TPSA) is 29.7 Å². The van der Waals surface area contributed by atoms with E-state index >= 15 is 0 Å². The summed E-state index contributed by atoms with van der Waals surface area (Å²) in [5.74, 6) is 1.95. The Morgan fingerprint density at radius 3 is 1.81 bits per heavy atom. The molecule has 0 N–H and O–H groups in total. The third kappa shape index (κ3) is 9.04. The predicted octanol–water partition coefficient (Wildman–Crippen LogP) is 5.83. The van der Waals surface area contributed by atoms with Gasteiger partial charge in [0.2, 0.25) is 0 Å². The Hall–Kier alpha value is -1.63. The zero-order valence-corrected chi connectivity index (χ0v) is 25.3. The number of hydrogen-bond acceptors (Lipinski definition) is 1. The molecule has 0 amide bonds. The van der Waals surface area contributed by atoms with E-state index in [4.69, 9.17) is 10.2 Å². The van der Waals surface area contributed by atoms with E-state index in [9.17, 15) is 0 Å². The number of rotatable bonds is 9. The molecule has 5 heteroatoms. The Bertz CT molecular complexity index is 930. The Balaban J connectivity index is 0.00000648. The summed E-state index contributed by atoms with van der Waals surface area (Å²) < 4.78 is 0. The molecule has 2 aromatic carbocycles. The van der Waals surface area contributed by atoms with E-state index in [1.165, 1.54) is 16.6 Å². The van der Waals surface area contributed by atoms with Gasteiger partial charge in [0, 0.05) is 12.0 Å². The van der Waals surface area contributed by atoms with Crippen molar-refractivity contribution in [2.45, 2.75) is 118 Å². The summed E-state index contributed by atoms with van der Waals surface area (Å²) in [6.07, 6.45) is 3.21. The second-order valence-electron chi connectivity index (χ2n) is 12.4. The van der Waals surface area contributed by atoms with Crippen molar-refractivity contribution in [3.63, 3.8) is 0 Å². The third-order valence-corrected chi connectivity index (χ3v) is 6.16. The molecule has 0 saturated carbocycles. The van der Waals surface area contributed by atoms with E-state index in [2.05, 4.69) is 130 Å². The molecule has 0 saturated heterocycles. The molecule has 36 heavy (non-hydrogen) atoms. The van der Waals surface area contributed by atoms with Gasteiger partial charge in [0.25, 0.3) is 0 Å². The van der Waals surface area contributed by atoms with Crippen molar-refractivity contribution in [2.24, 2.45) is 4.99 Å². The Morgan fingerprint density at radius 1 is 0.861 bits per heavy atom. The Labute approximate surface area is 235 Å². The van der Waals surface area contributed by atoms with Gasteiger partial charge in [-0.1, -0.05) is 106 Å². The SMILES string of the molecule is CCCCC(=NC(C)(C)C)N(B([N-]c1c(C(C)C)cccc1C(C)C)c1ccccc1)C(C)(C)C.[Li+]. The fourth-order valence-electron chi connectivity index (χ4n) is 4.54. The van der Waals surface area contributed by atoms with Crippen LogP contribution in [0, 0.1) is 0 Å². The average molecular weight is 482 g/mol. The molecule has 0 spiro atoms. The van der Waals surface area contributed by atoms with Crippen LogP contribution in [-0.4, -0.2) is 28.7 Å². The molecule has 0 aliphatic rings. The van der Waals surface area contributed by atoms with E-state index in [0.29, 0.717) is 11.8 Å². The number of amidine groups is 1. The summed E-state index contributed by atoms with van der Waals surface area (Å²) in [7, 11) is 0. The summed E-state index contributed by atoms with van der Waals surface area (Å²) in [4.78, 5) is 7.79. The number of aliphatic imine (C=N–C) groups is 1. The molecule has 0 fully saturated rings. The summed E-state index contributed by atoms with van der Waals surface area (Å²) >= 11 is 0. The minimum Gasteiger partial charge on any atom is -0.684 e. The summed E-state index contributed by atoms with van der Waals surface area (Å²) in [6, 6.07) is 17.5. The number of hydrogen-bond donors (Lipinski definition) is 0. The quantitative estimate of drug-likeness (QED) is 0.252. The van der Waals surface area contributed by atoms with E-state index in [-0.39, 0.29) is 36.9 Å². The van der Waals surface area contributed by atoms with Crippen LogP contribution in [0.5, 0.6) is 0 Å². The van der Waals surface area contributed by atoms with Crippen LogP contribution in [-0.2, 0) is 0 Å². The molecular formula is C31H49BLiN3. The van der Waals surface area contributed by atoms with Crippen molar-refractivity contribution < 1.29 is 18.9 Å².